The lowest BCUT2D eigenvalue weighted by Gasteiger charge is -2.25. The van der Waals surface area contributed by atoms with E-state index in [0.717, 1.165) is 48.4 Å². The van der Waals surface area contributed by atoms with Crippen molar-refractivity contribution in [3.63, 3.8) is 0 Å². The van der Waals surface area contributed by atoms with E-state index in [1.54, 1.807) is 18.9 Å². The molecule has 1 amide bonds. The fourth-order valence-electron chi connectivity index (χ4n) is 6.19. The summed E-state index contributed by atoms with van der Waals surface area (Å²) in [6.07, 6.45) is 10.0. The number of nitrogens with one attached hydrogen (secondary N) is 1. The lowest BCUT2D eigenvalue weighted by atomic mass is 9.90. The van der Waals surface area contributed by atoms with Crippen molar-refractivity contribution in [1.29, 1.82) is 0 Å². The maximum Gasteiger partial charge on any atom is 0.326 e. The number of hydrogen-bond donors (Lipinski definition) is 2. The molecular formula is C33H46N2O5S. The topological polar surface area (TPSA) is 88.1 Å². The number of ether oxygens (including phenoxy) is 2. The molecule has 2 aliphatic rings. The molecule has 0 radical (unpaired) electrons. The molecule has 1 heterocycles. The zero-order valence-corrected chi connectivity index (χ0v) is 25.6. The van der Waals surface area contributed by atoms with Gasteiger partial charge in [-0.3, -0.25) is 9.69 Å². The van der Waals surface area contributed by atoms with Crippen LogP contribution in [0.3, 0.4) is 0 Å². The van der Waals surface area contributed by atoms with Crippen LogP contribution in [0.2, 0.25) is 0 Å². The molecule has 1 saturated heterocycles. The number of aryl methyl sites for hydroxylation is 1. The van der Waals surface area contributed by atoms with Gasteiger partial charge in [0.2, 0.25) is 0 Å². The van der Waals surface area contributed by atoms with E-state index in [0.29, 0.717) is 30.3 Å². The van der Waals surface area contributed by atoms with Gasteiger partial charge in [-0.05, 0) is 84.9 Å². The molecule has 1 aliphatic carbocycles. The summed E-state index contributed by atoms with van der Waals surface area (Å²) in [4.78, 5) is 27.7. The number of likely N-dealkylation sites (tertiary alicyclic amines) is 1. The van der Waals surface area contributed by atoms with Crippen molar-refractivity contribution in [1.82, 2.24) is 10.2 Å². The van der Waals surface area contributed by atoms with Crippen LogP contribution >= 0.6 is 11.8 Å². The molecule has 224 valence electrons. The van der Waals surface area contributed by atoms with Gasteiger partial charge < -0.3 is 19.9 Å². The summed E-state index contributed by atoms with van der Waals surface area (Å²) in [6, 6.07) is 13.3. The first kappa shape index (κ1) is 31.5. The highest BCUT2D eigenvalue weighted by molar-refractivity contribution is 7.98. The quantitative estimate of drug-likeness (QED) is 0.292. The fourth-order valence-corrected chi connectivity index (χ4v) is 6.66. The van der Waals surface area contributed by atoms with Crippen LogP contribution in [0.5, 0.6) is 0 Å². The first-order chi connectivity index (χ1) is 19.9. The van der Waals surface area contributed by atoms with Gasteiger partial charge in [0.25, 0.3) is 5.91 Å². The van der Waals surface area contributed by atoms with Gasteiger partial charge in [0.15, 0.2) is 0 Å². The molecule has 3 atom stereocenters. The smallest absolute Gasteiger partial charge is 0.326 e. The summed E-state index contributed by atoms with van der Waals surface area (Å²) in [5.41, 5.74) is 4.44. The molecular weight excluding hydrogens is 536 g/mol. The number of rotatable bonds is 14. The van der Waals surface area contributed by atoms with Crippen LogP contribution in [-0.4, -0.2) is 78.9 Å². The average molecular weight is 583 g/mol. The van der Waals surface area contributed by atoms with Crippen molar-refractivity contribution in [3.05, 3.63) is 59.2 Å². The van der Waals surface area contributed by atoms with Crippen LogP contribution in [-0.2, 0) is 20.8 Å². The molecule has 8 heteroatoms. The molecule has 0 spiro atoms. The van der Waals surface area contributed by atoms with Gasteiger partial charge in [0, 0.05) is 38.4 Å². The molecule has 1 aliphatic heterocycles. The van der Waals surface area contributed by atoms with Gasteiger partial charge in [-0.1, -0.05) is 49.6 Å². The summed E-state index contributed by atoms with van der Waals surface area (Å²) in [7, 11) is 1.75. The standard InChI is InChI=1S/C33H46N2O5S/c1-23-9-7-8-12-28(23)30-17-25(13-14-29(30)32(36)34-31(33(37)38)15-16-41-3)19-35-20-27(18-26(35)22-39-2)40-21-24-10-5-4-6-11-24/h7-9,12-14,17,24,26-27,31H,4-6,10-11,15-16,18-22H2,1-3H3,(H,34,36)(H,37,38)/t26-,27+,31+/m1/s1. The minimum atomic E-state index is -1.01. The lowest BCUT2D eigenvalue weighted by Crippen LogP contribution is -2.41. The van der Waals surface area contributed by atoms with Crippen LogP contribution in [0.25, 0.3) is 11.1 Å². The molecule has 0 aromatic heterocycles. The van der Waals surface area contributed by atoms with Crippen LogP contribution in [0.15, 0.2) is 42.5 Å². The van der Waals surface area contributed by atoms with Gasteiger partial charge in [-0.15, -0.1) is 0 Å². The van der Waals surface area contributed by atoms with Gasteiger partial charge in [0.1, 0.15) is 6.04 Å². The summed E-state index contributed by atoms with van der Waals surface area (Å²) in [5.74, 6) is -0.0293. The van der Waals surface area contributed by atoms with Crippen molar-refractivity contribution in [3.8, 4) is 11.1 Å². The van der Waals surface area contributed by atoms with Crippen molar-refractivity contribution in [2.45, 2.75) is 76.6 Å². The van der Waals surface area contributed by atoms with E-state index < -0.39 is 12.0 Å². The Kier molecular flexibility index (Phi) is 12.1. The van der Waals surface area contributed by atoms with Crippen molar-refractivity contribution >= 4 is 23.6 Å². The summed E-state index contributed by atoms with van der Waals surface area (Å²) in [5, 5.41) is 12.4. The monoisotopic (exact) mass is 582 g/mol. The molecule has 2 aromatic rings. The van der Waals surface area contributed by atoms with Crippen LogP contribution < -0.4 is 5.32 Å². The van der Waals surface area contributed by atoms with Gasteiger partial charge in [-0.2, -0.15) is 11.8 Å². The van der Waals surface area contributed by atoms with E-state index >= 15 is 0 Å². The van der Waals surface area contributed by atoms with E-state index in [2.05, 4.69) is 16.3 Å². The van der Waals surface area contributed by atoms with Crippen molar-refractivity contribution < 1.29 is 24.2 Å². The fraction of sp³-hybridized carbons (Fsp3) is 0.576. The van der Waals surface area contributed by atoms with Crippen LogP contribution in [0.4, 0.5) is 0 Å². The van der Waals surface area contributed by atoms with E-state index in [9.17, 15) is 14.7 Å². The highest BCUT2D eigenvalue weighted by Crippen LogP contribution is 2.31. The Bertz CT molecular complexity index is 1150. The number of nitrogens with zero attached hydrogens (tertiary/aromatic N) is 1. The number of thioether (sulfide) groups is 1. The minimum Gasteiger partial charge on any atom is -0.480 e. The molecule has 0 bridgehead atoms. The molecule has 2 aromatic carbocycles. The maximum atomic E-state index is 13.4. The Morgan fingerprint density at radius 1 is 1.10 bits per heavy atom. The number of carbonyl (C=O) groups excluding carboxylic acids is 1. The highest BCUT2D eigenvalue weighted by Gasteiger charge is 2.33. The Balaban J connectivity index is 1.53. The number of carboxylic acid groups (broad SMARTS) is 1. The third kappa shape index (κ3) is 8.80. The molecule has 41 heavy (non-hydrogen) atoms. The van der Waals surface area contributed by atoms with E-state index in [1.807, 2.05) is 49.6 Å². The summed E-state index contributed by atoms with van der Waals surface area (Å²) >= 11 is 1.57. The predicted octanol–water partition coefficient (Wildman–Crippen LogP) is 5.78. The molecule has 1 saturated carbocycles. The van der Waals surface area contributed by atoms with Gasteiger partial charge in [-0.25, -0.2) is 4.79 Å². The third-order valence-corrected chi connectivity index (χ3v) is 9.15. The zero-order chi connectivity index (χ0) is 29.2. The average Bonchev–Trinajstić information content (AvgIpc) is 3.35. The molecule has 0 unspecified atom stereocenters. The SMILES string of the molecule is COC[C@H]1C[C@H](OCC2CCCCC2)CN1Cc1ccc(C(=O)N[C@@H](CCSC)C(=O)O)c(-c2ccccc2C)c1. The van der Waals surface area contributed by atoms with Crippen molar-refractivity contribution in [2.75, 3.05) is 38.9 Å². The normalized spacial score (nSPS) is 20.7. The number of aliphatic carboxylic acids is 1. The lowest BCUT2D eigenvalue weighted by molar-refractivity contribution is -0.139. The number of methoxy groups -OCH3 is 1. The Labute approximate surface area is 249 Å². The molecule has 2 fully saturated rings. The number of benzene rings is 2. The van der Waals surface area contributed by atoms with Gasteiger partial charge in [0.05, 0.1) is 12.7 Å². The molecule has 7 nitrogen and oxygen atoms in total. The predicted molar refractivity (Wildman–Crippen MR) is 166 cm³/mol. The number of carbonyl (C=O) groups is 2. The second-order valence-electron chi connectivity index (χ2n) is 11.6. The largest absolute Gasteiger partial charge is 0.480 e. The minimum absolute atomic E-state index is 0.201. The third-order valence-electron chi connectivity index (χ3n) is 8.50. The summed E-state index contributed by atoms with van der Waals surface area (Å²) < 4.78 is 12.0. The number of hydrogen-bond acceptors (Lipinski definition) is 6. The van der Waals surface area contributed by atoms with E-state index in [4.69, 9.17) is 9.47 Å². The Morgan fingerprint density at radius 2 is 1.88 bits per heavy atom. The summed E-state index contributed by atoms with van der Waals surface area (Å²) in [6.45, 7) is 5.13. The highest BCUT2D eigenvalue weighted by atomic mass is 32.2. The first-order valence-corrected chi connectivity index (χ1v) is 16.3. The molecule has 4 rings (SSSR count). The number of amides is 1. The van der Waals surface area contributed by atoms with Gasteiger partial charge >= 0.3 is 5.97 Å². The first-order valence-electron chi connectivity index (χ1n) is 15.0. The van der Waals surface area contributed by atoms with E-state index in [-0.39, 0.29) is 18.1 Å². The maximum absolute atomic E-state index is 13.4. The second kappa shape index (κ2) is 15.7. The van der Waals surface area contributed by atoms with Crippen LogP contribution in [0.1, 0.15) is 66.4 Å². The van der Waals surface area contributed by atoms with Crippen molar-refractivity contribution in [2.24, 2.45) is 5.92 Å². The zero-order valence-electron chi connectivity index (χ0n) is 24.8. The Hall–Kier alpha value is -2.39. The number of carboxylic acids is 1. The second-order valence-corrected chi connectivity index (χ2v) is 12.6. The molecule has 2 N–H and O–H groups in total. The Morgan fingerprint density at radius 3 is 2.59 bits per heavy atom. The van der Waals surface area contributed by atoms with E-state index in [1.165, 1.54) is 32.1 Å². The van der Waals surface area contributed by atoms with Crippen LogP contribution in [0, 0.1) is 12.8 Å².